The summed E-state index contributed by atoms with van der Waals surface area (Å²) in [6.07, 6.45) is 0.634. The van der Waals surface area contributed by atoms with Gasteiger partial charge in [0.2, 0.25) is 0 Å². The van der Waals surface area contributed by atoms with Crippen LogP contribution in [0.4, 0.5) is 10.5 Å². The number of ether oxygens (including phenoxy) is 2. The third-order valence-corrected chi connectivity index (χ3v) is 4.88. The third kappa shape index (κ3) is 4.66. The normalized spacial score (nSPS) is 22.9. The minimum atomic E-state index is -0.497. The van der Waals surface area contributed by atoms with E-state index in [1.807, 2.05) is 39.0 Å². The van der Waals surface area contributed by atoms with Crippen LogP contribution < -0.4 is 5.01 Å². The number of benzene rings is 1. The number of hydrogen-bond donors (Lipinski definition) is 2. The summed E-state index contributed by atoms with van der Waals surface area (Å²) in [4.78, 5) is 16.4. The smallest absolute Gasteiger partial charge is 0.410 e. The van der Waals surface area contributed by atoms with Gasteiger partial charge in [0, 0.05) is 26.2 Å². The molecule has 2 heterocycles. The number of carbonyl (C=O) groups is 1. The Bertz CT molecular complexity index is 727. The first-order valence-electron chi connectivity index (χ1n) is 9.41. The summed E-state index contributed by atoms with van der Waals surface area (Å²) in [5, 5.41) is 11.9. The number of morpholine rings is 1. The molecule has 0 radical (unpaired) electrons. The van der Waals surface area contributed by atoms with Crippen LogP contribution in [0.15, 0.2) is 29.5 Å². The van der Waals surface area contributed by atoms with Crippen molar-refractivity contribution in [2.75, 3.05) is 37.8 Å². The maximum absolute atomic E-state index is 12.3. The van der Waals surface area contributed by atoms with Gasteiger partial charge < -0.3 is 14.4 Å². The van der Waals surface area contributed by atoms with Gasteiger partial charge in [-0.2, -0.15) is 5.53 Å². The fraction of sp³-hybridized carbons (Fsp3) is 0.579. The van der Waals surface area contributed by atoms with Gasteiger partial charge in [-0.15, -0.1) is 0 Å². The lowest BCUT2D eigenvalue weighted by molar-refractivity contribution is -0.0906. The lowest BCUT2D eigenvalue weighted by atomic mass is 10.0. The van der Waals surface area contributed by atoms with Crippen LogP contribution in [0.1, 0.15) is 32.4 Å². The Morgan fingerprint density at radius 1 is 1.36 bits per heavy atom. The van der Waals surface area contributed by atoms with E-state index in [2.05, 4.69) is 10.1 Å². The average Bonchev–Trinajstić information content (AvgIpc) is 2.67. The van der Waals surface area contributed by atoms with Crippen molar-refractivity contribution in [1.82, 2.24) is 9.80 Å². The van der Waals surface area contributed by atoms with Gasteiger partial charge in [0.25, 0.3) is 0 Å². The first kappa shape index (κ1) is 20.2. The molecule has 0 aromatic heterocycles. The van der Waals surface area contributed by atoms with E-state index < -0.39 is 5.60 Å². The van der Waals surface area contributed by atoms with Crippen LogP contribution in [0.2, 0.25) is 0 Å². The van der Waals surface area contributed by atoms with E-state index in [1.165, 1.54) is 5.01 Å². The van der Waals surface area contributed by atoms with Crippen LogP contribution in [-0.4, -0.2) is 66.7 Å². The summed E-state index contributed by atoms with van der Waals surface area (Å²) in [6, 6.07) is 7.71. The zero-order valence-electron chi connectivity index (χ0n) is 16.6. The number of amides is 1. The molecule has 1 aromatic carbocycles. The Balaban J connectivity index is 1.62. The van der Waals surface area contributed by atoms with Crippen LogP contribution in [0, 0.1) is 10.9 Å². The molecule has 9 nitrogen and oxygen atoms in total. The number of fused-ring (bicyclic) bond motifs is 1. The van der Waals surface area contributed by atoms with Crippen LogP contribution in [0.25, 0.3) is 0 Å². The van der Waals surface area contributed by atoms with Gasteiger partial charge in [-0.05, 0) is 38.5 Å². The lowest BCUT2D eigenvalue weighted by Gasteiger charge is -2.46. The van der Waals surface area contributed by atoms with E-state index in [0.717, 1.165) is 25.0 Å². The predicted molar refractivity (Wildman–Crippen MR) is 105 cm³/mol. The monoisotopic (exact) mass is 388 g/mol. The Labute approximate surface area is 165 Å². The molecule has 9 heteroatoms. The topological polar surface area (TPSA) is 105 Å². The molecule has 2 atom stereocenters. The van der Waals surface area contributed by atoms with Crippen molar-refractivity contribution in [3.63, 3.8) is 0 Å². The molecule has 0 spiro atoms. The van der Waals surface area contributed by atoms with E-state index in [4.69, 9.17) is 20.4 Å². The van der Waals surface area contributed by atoms with Crippen LogP contribution in [-0.2, 0) is 9.47 Å². The van der Waals surface area contributed by atoms with E-state index in [1.54, 1.807) is 11.0 Å². The first-order valence-corrected chi connectivity index (χ1v) is 9.41. The Morgan fingerprint density at radius 3 is 2.82 bits per heavy atom. The minimum absolute atomic E-state index is 0.0948. The number of carbonyl (C=O) groups excluding carboxylic acids is 1. The Morgan fingerprint density at radius 2 is 2.14 bits per heavy atom. The number of nitrogens with zero attached hydrogens (tertiary/aromatic N) is 4. The standard InChI is InChI=1S/C19H28N6O3/c1-19(2,3)28-18(26)24-8-7-23-11-17(27-12-16(23)10-24)14-5-4-6-15(9-14)25(13-20)22-21/h4-6,9,13,16-17,20-21H,7-8,10-12H2,1-3H3/t16-,17-/m0/s1. The number of anilines is 1. The van der Waals surface area contributed by atoms with Crippen molar-refractivity contribution < 1.29 is 14.3 Å². The molecule has 2 aliphatic heterocycles. The van der Waals surface area contributed by atoms with Crippen molar-refractivity contribution in [2.24, 2.45) is 5.22 Å². The highest BCUT2D eigenvalue weighted by Crippen LogP contribution is 2.29. The second-order valence-electron chi connectivity index (χ2n) is 8.07. The van der Waals surface area contributed by atoms with Crippen LogP contribution >= 0.6 is 0 Å². The predicted octanol–water partition coefficient (Wildman–Crippen LogP) is 3.04. The summed E-state index contributed by atoms with van der Waals surface area (Å²) in [5.74, 6) is 0. The van der Waals surface area contributed by atoms with E-state index >= 15 is 0 Å². The van der Waals surface area contributed by atoms with Gasteiger partial charge in [0.05, 0.1) is 24.4 Å². The van der Waals surface area contributed by atoms with Crippen molar-refractivity contribution in [3.05, 3.63) is 29.8 Å². The molecule has 2 aliphatic rings. The highest BCUT2D eigenvalue weighted by atomic mass is 16.6. The van der Waals surface area contributed by atoms with Crippen LogP contribution in [0.5, 0.6) is 0 Å². The van der Waals surface area contributed by atoms with Crippen molar-refractivity contribution >= 4 is 18.1 Å². The number of hydrogen-bond acceptors (Lipinski definition) is 7. The molecular weight excluding hydrogens is 360 g/mol. The summed E-state index contributed by atoms with van der Waals surface area (Å²) in [6.45, 7) is 8.90. The van der Waals surface area contributed by atoms with Gasteiger partial charge in [-0.25, -0.2) is 9.80 Å². The van der Waals surface area contributed by atoms with Crippen molar-refractivity contribution in [3.8, 4) is 0 Å². The number of rotatable bonds is 4. The Hall–Kier alpha value is -2.52. The molecule has 3 rings (SSSR count). The molecule has 1 aromatic rings. The molecule has 0 bridgehead atoms. The fourth-order valence-electron chi connectivity index (χ4n) is 3.51. The van der Waals surface area contributed by atoms with Gasteiger partial charge in [-0.3, -0.25) is 10.3 Å². The minimum Gasteiger partial charge on any atom is -0.444 e. The van der Waals surface area contributed by atoms with Gasteiger partial charge in [0.1, 0.15) is 11.9 Å². The zero-order chi connectivity index (χ0) is 20.3. The fourth-order valence-corrected chi connectivity index (χ4v) is 3.51. The average molecular weight is 388 g/mol. The molecule has 0 aliphatic carbocycles. The largest absolute Gasteiger partial charge is 0.444 e. The van der Waals surface area contributed by atoms with E-state index in [-0.39, 0.29) is 18.2 Å². The quantitative estimate of drug-likeness (QED) is 0.357. The summed E-state index contributed by atoms with van der Waals surface area (Å²) in [7, 11) is 0. The summed E-state index contributed by atoms with van der Waals surface area (Å²) >= 11 is 0. The molecular formula is C19H28N6O3. The first-order chi connectivity index (χ1) is 13.3. The maximum Gasteiger partial charge on any atom is 0.410 e. The highest BCUT2D eigenvalue weighted by molar-refractivity contribution is 5.75. The molecule has 1 amide bonds. The molecule has 2 N–H and O–H groups in total. The van der Waals surface area contributed by atoms with Gasteiger partial charge in [-0.1, -0.05) is 17.4 Å². The van der Waals surface area contributed by atoms with Gasteiger partial charge >= 0.3 is 6.09 Å². The maximum atomic E-state index is 12.3. The lowest BCUT2D eigenvalue weighted by Crippen LogP contribution is -2.59. The molecule has 2 fully saturated rings. The zero-order valence-corrected chi connectivity index (χ0v) is 16.6. The molecule has 152 valence electrons. The van der Waals surface area contributed by atoms with E-state index in [9.17, 15) is 4.79 Å². The van der Waals surface area contributed by atoms with Crippen molar-refractivity contribution in [1.29, 1.82) is 10.9 Å². The molecule has 28 heavy (non-hydrogen) atoms. The Kier molecular flexibility index (Phi) is 5.95. The summed E-state index contributed by atoms with van der Waals surface area (Å²) in [5.41, 5.74) is 8.30. The van der Waals surface area contributed by atoms with Crippen molar-refractivity contribution in [2.45, 2.75) is 38.5 Å². The number of nitrogens with one attached hydrogen (secondary N) is 2. The van der Waals surface area contributed by atoms with E-state index in [0.29, 0.717) is 25.4 Å². The second kappa shape index (κ2) is 8.24. The molecule has 2 saturated heterocycles. The highest BCUT2D eigenvalue weighted by Gasteiger charge is 2.36. The molecule has 0 saturated carbocycles. The third-order valence-electron chi connectivity index (χ3n) is 4.88. The molecule has 0 unspecified atom stereocenters. The summed E-state index contributed by atoms with van der Waals surface area (Å²) < 4.78 is 11.6. The second-order valence-corrected chi connectivity index (χ2v) is 8.07. The number of piperazine rings is 1. The van der Waals surface area contributed by atoms with Gasteiger partial charge in [0.15, 0.2) is 0 Å². The van der Waals surface area contributed by atoms with Crippen LogP contribution in [0.3, 0.4) is 0 Å². The SMILES string of the molecule is CC(C)(C)OC(=O)N1CCN2C[C@@H](c3cccc(N(C=N)N=N)c3)OC[C@@H]2C1.